The smallest absolute Gasteiger partial charge is 0.220 e. The van der Waals surface area contributed by atoms with Crippen LogP contribution < -0.4 is 10.6 Å². The number of nitrogens with zero attached hydrogens (tertiary/aromatic N) is 1. The molecule has 0 spiro atoms. The van der Waals surface area contributed by atoms with Crippen molar-refractivity contribution in [1.29, 1.82) is 0 Å². The third-order valence-electron chi connectivity index (χ3n) is 5.76. The highest BCUT2D eigenvalue weighted by Crippen LogP contribution is 2.25. The first-order chi connectivity index (χ1) is 12.6. The number of piperidine rings is 1. The van der Waals surface area contributed by atoms with E-state index in [2.05, 4.69) is 22.5 Å². The summed E-state index contributed by atoms with van der Waals surface area (Å²) in [5, 5.41) is 6.55. The van der Waals surface area contributed by atoms with Crippen LogP contribution in [0.1, 0.15) is 43.7 Å². The molecular formula is C20H35Cl2N3O3. The average molecular weight is 436 g/mol. The molecule has 0 aliphatic carbocycles. The summed E-state index contributed by atoms with van der Waals surface area (Å²) >= 11 is 0. The van der Waals surface area contributed by atoms with Gasteiger partial charge in [-0.15, -0.1) is 24.8 Å². The summed E-state index contributed by atoms with van der Waals surface area (Å²) < 4.78 is 11.3. The second-order valence-electron chi connectivity index (χ2n) is 7.69. The Kier molecular flexibility index (Phi) is 11.5. The van der Waals surface area contributed by atoms with Crippen molar-refractivity contribution < 1.29 is 13.9 Å². The van der Waals surface area contributed by atoms with Crippen LogP contribution in [0, 0.1) is 18.8 Å². The van der Waals surface area contributed by atoms with Gasteiger partial charge >= 0.3 is 0 Å². The third kappa shape index (κ3) is 7.23. The highest BCUT2D eigenvalue weighted by Gasteiger charge is 2.27. The molecule has 0 saturated carbocycles. The highest BCUT2D eigenvalue weighted by atomic mass is 35.5. The van der Waals surface area contributed by atoms with Crippen LogP contribution in [0.25, 0.3) is 0 Å². The van der Waals surface area contributed by atoms with Gasteiger partial charge in [-0.2, -0.15) is 0 Å². The van der Waals surface area contributed by atoms with E-state index < -0.39 is 0 Å². The normalized spacial score (nSPS) is 20.5. The van der Waals surface area contributed by atoms with E-state index in [0.29, 0.717) is 24.8 Å². The molecule has 2 atom stereocenters. The van der Waals surface area contributed by atoms with Gasteiger partial charge in [0.25, 0.3) is 0 Å². The van der Waals surface area contributed by atoms with Gasteiger partial charge in [0, 0.05) is 26.1 Å². The van der Waals surface area contributed by atoms with E-state index in [1.54, 1.807) is 0 Å². The minimum absolute atomic E-state index is 0. The van der Waals surface area contributed by atoms with Gasteiger partial charge in [0.05, 0.1) is 19.3 Å². The molecule has 2 fully saturated rings. The van der Waals surface area contributed by atoms with Crippen molar-refractivity contribution in [2.75, 3.05) is 45.9 Å². The fraction of sp³-hybridized carbons (Fsp3) is 0.750. The molecule has 2 N–H and O–H groups in total. The monoisotopic (exact) mass is 435 g/mol. The number of ether oxygens (including phenoxy) is 1. The molecule has 2 unspecified atom stereocenters. The first-order valence-electron chi connectivity index (χ1n) is 9.99. The van der Waals surface area contributed by atoms with Crippen LogP contribution in [0.4, 0.5) is 0 Å². The Hall–Kier alpha value is -0.790. The molecule has 1 aromatic heterocycles. The van der Waals surface area contributed by atoms with Gasteiger partial charge in [0.2, 0.25) is 5.91 Å². The minimum Gasteiger partial charge on any atom is -0.465 e. The predicted octanol–water partition coefficient (Wildman–Crippen LogP) is 2.95. The van der Waals surface area contributed by atoms with Crippen molar-refractivity contribution in [3.8, 4) is 0 Å². The molecule has 1 amide bonds. The lowest BCUT2D eigenvalue weighted by atomic mass is 9.84. The molecule has 3 rings (SSSR count). The molecule has 0 radical (unpaired) electrons. The standard InChI is InChI=1S/C20H33N3O3.2ClH/c1-15(17-5-7-21-8-6-17)13-20(24)22-14-18(19-4-3-16(2)26-19)23-9-11-25-12-10-23;;/h3-4,15,17-18,21H,5-14H2,1-2H3,(H,22,24);2*1H. The number of aryl methyl sites for hydroxylation is 1. The molecule has 2 saturated heterocycles. The summed E-state index contributed by atoms with van der Waals surface area (Å²) in [6.07, 6.45) is 2.96. The second-order valence-corrected chi connectivity index (χ2v) is 7.69. The molecule has 28 heavy (non-hydrogen) atoms. The minimum atomic E-state index is 0. The van der Waals surface area contributed by atoms with Crippen molar-refractivity contribution in [2.45, 2.75) is 39.2 Å². The number of amides is 1. The zero-order valence-electron chi connectivity index (χ0n) is 16.9. The number of carbonyl (C=O) groups excluding carboxylic acids is 1. The average Bonchev–Trinajstić information content (AvgIpc) is 3.09. The number of furan rings is 1. The van der Waals surface area contributed by atoms with Gasteiger partial charge in [0.1, 0.15) is 11.5 Å². The van der Waals surface area contributed by atoms with Crippen LogP contribution in [0.2, 0.25) is 0 Å². The fourth-order valence-corrected chi connectivity index (χ4v) is 4.09. The molecule has 1 aromatic rings. The van der Waals surface area contributed by atoms with Crippen molar-refractivity contribution in [1.82, 2.24) is 15.5 Å². The van der Waals surface area contributed by atoms with Crippen LogP contribution >= 0.6 is 24.8 Å². The Balaban J connectivity index is 0.00000196. The highest BCUT2D eigenvalue weighted by molar-refractivity contribution is 5.85. The second kappa shape index (κ2) is 12.7. The maximum atomic E-state index is 12.5. The van der Waals surface area contributed by atoms with Gasteiger partial charge < -0.3 is 19.8 Å². The largest absolute Gasteiger partial charge is 0.465 e. The number of rotatable bonds is 7. The van der Waals surface area contributed by atoms with Crippen molar-refractivity contribution in [3.05, 3.63) is 23.7 Å². The Morgan fingerprint density at radius 1 is 1.25 bits per heavy atom. The number of halogens is 2. The van der Waals surface area contributed by atoms with Crippen molar-refractivity contribution >= 4 is 30.7 Å². The summed E-state index contributed by atoms with van der Waals surface area (Å²) in [7, 11) is 0. The zero-order valence-corrected chi connectivity index (χ0v) is 18.6. The van der Waals surface area contributed by atoms with Gasteiger partial charge in [-0.05, 0) is 56.8 Å². The van der Waals surface area contributed by atoms with Crippen molar-refractivity contribution in [3.63, 3.8) is 0 Å². The van der Waals surface area contributed by atoms with Gasteiger partial charge in [-0.25, -0.2) is 0 Å². The maximum Gasteiger partial charge on any atom is 0.220 e. The van der Waals surface area contributed by atoms with E-state index in [9.17, 15) is 4.79 Å². The number of hydrogen-bond donors (Lipinski definition) is 2. The van der Waals surface area contributed by atoms with E-state index in [-0.39, 0.29) is 36.8 Å². The lowest BCUT2D eigenvalue weighted by Crippen LogP contribution is -2.44. The Morgan fingerprint density at radius 3 is 2.54 bits per heavy atom. The van der Waals surface area contributed by atoms with Crippen molar-refractivity contribution in [2.24, 2.45) is 11.8 Å². The number of morpholine rings is 1. The first-order valence-corrected chi connectivity index (χ1v) is 9.99. The summed E-state index contributed by atoms with van der Waals surface area (Å²) in [5.74, 6) is 3.08. The molecule has 2 aliphatic rings. The molecular weight excluding hydrogens is 401 g/mol. The molecule has 6 nitrogen and oxygen atoms in total. The topological polar surface area (TPSA) is 66.7 Å². The SMILES string of the molecule is Cc1ccc(C(CNC(=O)CC(C)C2CCNCC2)N2CCOCC2)o1.Cl.Cl. The van der Waals surface area contributed by atoms with E-state index >= 15 is 0 Å². The lowest BCUT2D eigenvalue weighted by Gasteiger charge is -2.33. The molecule has 0 bridgehead atoms. The molecule has 162 valence electrons. The molecule has 3 heterocycles. The summed E-state index contributed by atoms with van der Waals surface area (Å²) in [4.78, 5) is 14.9. The van der Waals surface area contributed by atoms with Crippen LogP contribution in [0.15, 0.2) is 16.5 Å². The summed E-state index contributed by atoms with van der Waals surface area (Å²) in [6.45, 7) is 10.1. The van der Waals surface area contributed by atoms with Crippen LogP contribution in [-0.4, -0.2) is 56.7 Å². The lowest BCUT2D eigenvalue weighted by molar-refractivity contribution is -0.122. The summed E-state index contributed by atoms with van der Waals surface area (Å²) in [6, 6.07) is 4.09. The van der Waals surface area contributed by atoms with Crippen LogP contribution in [-0.2, 0) is 9.53 Å². The van der Waals surface area contributed by atoms with E-state index in [4.69, 9.17) is 9.15 Å². The fourth-order valence-electron chi connectivity index (χ4n) is 4.09. The van der Waals surface area contributed by atoms with E-state index in [1.165, 1.54) is 12.8 Å². The molecule has 2 aliphatic heterocycles. The van der Waals surface area contributed by atoms with Crippen LogP contribution in [0.3, 0.4) is 0 Å². The van der Waals surface area contributed by atoms with Crippen LogP contribution in [0.5, 0.6) is 0 Å². The third-order valence-corrected chi connectivity index (χ3v) is 5.76. The molecule has 8 heteroatoms. The van der Waals surface area contributed by atoms with E-state index in [0.717, 1.165) is 50.9 Å². The van der Waals surface area contributed by atoms with E-state index in [1.807, 2.05) is 19.1 Å². The summed E-state index contributed by atoms with van der Waals surface area (Å²) in [5.41, 5.74) is 0. The zero-order chi connectivity index (χ0) is 18.4. The Labute approximate surface area is 180 Å². The number of nitrogens with one attached hydrogen (secondary N) is 2. The Morgan fingerprint density at radius 2 is 1.93 bits per heavy atom. The van der Waals surface area contributed by atoms with Gasteiger partial charge in [-0.1, -0.05) is 6.92 Å². The van der Waals surface area contributed by atoms with Gasteiger partial charge in [0.15, 0.2) is 0 Å². The first kappa shape index (κ1) is 25.2. The number of hydrogen-bond acceptors (Lipinski definition) is 5. The molecule has 0 aromatic carbocycles. The number of carbonyl (C=O) groups is 1. The predicted molar refractivity (Wildman–Crippen MR) is 115 cm³/mol. The maximum absolute atomic E-state index is 12.5. The Bertz CT molecular complexity index is 573. The van der Waals surface area contributed by atoms with Gasteiger partial charge in [-0.3, -0.25) is 9.69 Å². The quantitative estimate of drug-likeness (QED) is 0.688.